The highest BCUT2D eigenvalue weighted by molar-refractivity contribution is 5.85. The Morgan fingerprint density at radius 1 is 1.21 bits per heavy atom. The van der Waals surface area contributed by atoms with E-state index in [1.807, 2.05) is 0 Å². The van der Waals surface area contributed by atoms with Crippen LogP contribution >= 0.6 is 12.4 Å². The molecule has 3 fully saturated rings. The number of carbonyl (C=O) groups is 1. The van der Waals surface area contributed by atoms with Crippen LogP contribution in [0.3, 0.4) is 0 Å². The number of aromatic nitrogens is 6. The van der Waals surface area contributed by atoms with Gasteiger partial charge in [0.1, 0.15) is 25.0 Å². The average Bonchev–Trinajstić information content (AvgIpc) is 3.19. The second-order valence-electron chi connectivity index (χ2n) is 7.92. The van der Waals surface area contributed by atoms with Crippen molar-refractivity contribution in [3.8, 4) is 0 Å². The highest BCUT2D eigenvalue weighted by Crippen LogP contribution is 2.50. The van der Waals surface area contributed by atoms with Gasteiger partial charge in [0.15, 0.2) is 5.82 Å². The number of piperidine rings is 2. The zero-order chi connectivity index (χ0) is 18.4. The maximum atomic E-state index is 12.8. The van der Waals surface area contributed by atoms with E-state index in [9.17, 15) is 4.79 Å². The molecule has 0 radical (unpaired) electrons. The Morgan fingerprint density at radius 2 is 1.96 bits per heavy atom. The molecule has 2 aromatic heterocycles. The van der Waals surface area contributed by atoms with Crippen molar-refractivity contribution in [3.63, 3.8) is 0 Å². The van der Waals surface area contributed by atoms with E-state index in [1.165, 1.54) is 6.33 Å². The van der Waals surface area contributed by atoms with Gasteiger partial charge in [-0.05, 0) is 44.7 Å². The molecular weight excluding hydrogens is 380 g/mol. The number of rotatable bonds is 5. The molecule has 10 heteroatoms. The van der Waals surface area contributed by atoms with Gasteiger partial charge in [0.05, 0.1) is 0 Å². The van der Waals surface area contributed by atoms with E-state index in [0.717, 1.165) is 57.2 Å². The third kappa shape index (κ3) is 3.30. The zero-order valence-corrected chi connectivity index (χ0v) is 16.9. The number of carbonyl (C=O) groups excluding carboxylic acids is 1. The maximum absolute atomic E-state index is 12.8. The molecule has 28 heavy (non-hydrogen) atoms. The Morgan fingerprint density at radius 3 is 2.61 bits per heavy atom. The molecule has 1 saturated carbocycles. The van der Waals surface area contributed by atoms with Crippen LogP contribution in [-0.2, 0) is 17.9 Å². The summed E-state index contributed by atoms with van der Waals surface area (Å²) in [4.78, 5) is 18.8. The monoisotopic (exact) mass is 406 g/mol. The van der Waals surface area contributed by atoms with Crippen molar-refractivity contribution < 1.29 is 4.79 Å². The molecule has 3 aliphatic rings. The predicted octanol–water partition coefficient (Wildman–Crippen LogP) is 0.531. The Kier molecular flexibility index (Phi) is 5.37. The summed E-state index contributed by atoms with van der Waals surface area (Å²) in [7, 11) is 0. The molecule has 1 N–H and O–H groups in total. The number of nitrogens with one attached hydrogen (secondary N) is 1. The van der Waals surface area contributed by atoms with Gasteiger partial charge in [0, 0.05) is 31.5 Å². The van der Waals surface area contributed by atoms with Gasteiger partial charge in [-0.1, -0.05) is 0 Å². The molecular formula is C18H27ClN8O. The van der Waals surface area contributed by atoms with Crippen LogP contribution < -0.4 is 5.32 Å². The summed E-state index contributed by atoms with van der Waals surface area (Å²) in [5.41, 5.74) is 0. The predicted molar refractivity (Wildman–Crippen MR) is 104 cm³/mol. The molecule has 1 unspecified atom stereocenters. The second-order valence-corrected chi connectivity index (χ2v) is 7.92. The first kappa shape index (κ1) is 19.3. The van der Waals surface area contributed by atoms with Crippen LogP contribution in [0, 0.1) is 17.8 Å². The van der Waals surface area contributed by atoms with Crippen LogP contribution in [0.5, 0.6) is 0 Å². The highest BCUT2D eigenvalue weighted by atomic mass is 35.5. The Hall–Kier alpha value is -2.00. The number of halogens is 1. The Labute approximate surface area is 170 Å². The second kappa shape index (κ2) is 7.79. The summed E-state index contributed by atoms with van der Waals surface area (Å²) in [6.45, 7) is 7.25. The lowest BCUT2D eigenvalue weighted by Crippen LogP contribution is -2.40. The highest BCUT2D eigenvalue weighted by Gasteiger charge is 2.57. The van der Waals surface area contributed by atoms with Crippen LogP contribution in [0.15, 0.2) is 12.7 Å². The molecule has 2 aromatic rings. The van der Waals surface area contributed by atoms with Gasteiger partial charge in [0.2, 0.25) is 5.91 Å². The average molecular weight is 407 g/mol. The normalized spacial score (nSPS) is 26.8. The third-order valence-corrected chi connectivity index (χ3v) is 6.49. The minimum Gasteiger partial charge on any atom is -0.342 e. The molecule has 5 rings (SSSR count). The van der Waals surface area contributed by atoms with Gasteiger partial charge in [0.25, 0.3) is 0 Å². The van der Waals surface area contributed by atoms with E-state index in [0.29, 0.717) is 30.2 Å². The van der Waals surface area contributed by atoms with Gasteiger partial charge < -0.3 is 14.8 Å². The molecule has 152 valence electrons. The van der Waals surface area contributed by atoms with E-state index < -0.39 is 0 Å². The number of amides is 1. The smallest absolute Gasteiger partial charge is 0.226 e. The summed E-state index contributed by atoms with van der Waals surface area (Å²) in [6.07, 6.45) is 5.16. The van der Waals surface area contributed by atoms with Crippen molar-refractivity contribution in [3.05, 3.63) is 24.3 Å². The molecule has 3 atom stereocenters. The fourth-order valence-electron chi connectivity index (χ4n) is 4.93. The number of likely N-dealkylation sites (tertiary alicyclic amines) is 1. The first-order valence-electron chi connectivity index (χ1n) is 10.00. The summed E-state index contributed by atoms with van der Waals surface area (Å²) < 4.78 is 3.96. The zero-order valence-electron chi connectivity index (χ0n) is 16.1. The minimum atomic E-state index is 0. The molecule has 1 amide bonds. The summed E-state index contributed by atoms with van der Waals surface area (Å²) in [5, 5.41) is 16.4. The standard InChI is InChI=1S/C18H26N8O.ClH/c1-2-26-15(9-25-11-20-10-21-25)22-23-17(26)12-3-5-24(6-4-12)18(27)16-13-7-19-8-14(13)16;/h10-14,16,19H,2-9H2,1H3;1H/t13-,14+,16?;. The molecule has 0 aromatic carbocycles. The molecule has 2 saturated heterocycles. The molecule has 9 nitrogen and oxygen atoms in total. The molecule has 0 spiro atoms. The van der Waals surface area contributed by atoms with Gasteiger partial charge in [-0.2, -0.15) is 5.10 Å². The summed E-state index contributed by atoms with van der Waals surface area (Å²) in [5.74, 6) is 4.19. The molecule has 2 aliphatic heterocycles. The Balaban J connectivity index is 0.00000192. The molecule has 4 heterocycles. The Bertz CT molecular complexity index is 804. The lowest BCUT2D eigenvalue weighted by Gasteiger charge is -2.32. The first-order valence-corrected chi connectivity index (χ1v) is 10.00. The van der Waals surface area contributed by atoms with E-state index >= 15 is 0 Å². The quantitative estimate of drug-likeness (QED) is 0.778. The summed E-state index contributed by atoms with van der Waals surface area (Å²) in [6, 6.07) is 0. The van der Waals surface area contributed by atoms with Crippen molar-refractivity contribution in [2.75, 3.05) is 26.2 Å². The van der Waals surface area contributed by atoms with Crippen molar-refractivity contribution >= 4 is 18.3 Å². The van der Waals surface area contributed by atoms with Crippen molar-refractivity contribution in [2.45, 2.75) is 38.8 Å². The number of fused-ring (bicyclic) bond motifs is 1. The van der Waals surface area contributed by atoms with Crippen LogP contribution in [0.1, 0.15) is 37.3 Å². The largest absolute Gasteiger partial charge is 0.342 e. The van der Waals surface area contributed by atoms with Gasteiger partial charge in [-0.25, -0.2) is 9.67 Å². The number of hydrogen-bond acceptors (Lipinski definition) is 6. The van der Waals surface area contributed by atoms with E-state index in [2.05, 4.69) is 42.0 Å². The topological polar surface area (TPSA) is 93.8 Å². The lowest BCUT2D eigenvalue weighted by atomic mass is 9.95. The van der Waals surface area contributed by atoms with Crippen LogP contribution in [0.2, 0.25) is 0 Å². The fraction of sp³-hybridized carbons (Fsp3) is 0.722. The first-order chi connectivity index (χ1) is 13.3. The third-order valence-electron chi connectivity index (χ3n) is 6.49. The SMILES string of the molecule is CCn1c(Cn2cncn2)nnc1C1CCN(C(=O)C2[C@H]3CNC[C@@H]23)CC1.Cl. The van der Waals surface area contributed by atoms with E-state index in [-0.39, 0.29) is 18.3 Å². The molecule has 0 bridgehead atoms. The lowest BCUT2D eigenvalue weighted by molar-refractivity contribution is -0.134. The van der Waals surface area contributed by atoms with Gasteiger partial charge in [-0.15, -0.1) is 22.6 Å². The van der Waals surface area contributed by atoms with E-state index in [4.69, 9.17) is 0 Å². The van der Waals surface area contributed by atoms with Crippen molar-refractivity contribution in [1.82, 2.24) is 39.7 Å². The minimum absolute atomic E-state index is 0. The van der Waals surface area contributed by atoms with Crippen LogP contribution in [0.4, 0.5) is 0 Å². The van der Waals surface area contributed by atoms with E-state index in [1.54, 1.807) is 11.0 Å². The van der Waals surface area contributed by atoms with Gasteiger partial charge >= 0.3 is 0 Å². The van der Waals surface area contributed by atoms with Crippen molar-refractivity contribution in [1.29, 1.82) is 0 Å². The van der Waals surface area contributed by atoms with Crippen molar-refractivity contribution in [2.24, 2.45) is 17.8 Å². The van der Waals surface area contributed by atoms with Crippen LogP contribution in [-0.4, -0.2) is 66.5 Å². The number of hydrogen-bond donors (Lipinski definition) is 1. The van der Waals surface area contributed by atoms with Gasteiger partial charge in [-0.3, -0.25) is 4.79 Å². The number of nitrogens with zero attached hydrogens (tertiary/aromatic N) is 7. The van der Waals surface area contributed by atoms with Crippen LogP contribution in [0.25, 0.3) is 0 Å². The fourth-order valence-corrected chi connectivity index (χ4v) is 4.93. The maximum Gasteiger partial charge on any atom is 0.226 e. The summed E-state index contributed by atoms with van der Waals surface area (Å²) >= 11 is 0. The molecule has 1 aliphatic carbocycles.